The minimum Gasteiger partial charge on any atom is -0.467 e. The van der Waals surface area contributed by atoms with Crippen molar-refractivity contribution in [1.29, 1.82) is 0 Å². The van der Waals surface area contributed by atoms with Crippen LogP contribution in [0, 0.1) is 0 Å². The predicted molar refractivity (Wildman–Crippen MR) is 69.9 cm³/mol. The van der Waals surface area contributed by atoms with E-state index in [4.69, 9.17) is 4.74 Å². The van der Waals surface area contributed by atoms with Crippen LogP contribution in [0.2, 0.25) is 0 Å². The lowest BCUT2D eigenvalue weighted by Gasteiger charge is -2.27. The molecule has 0 saturated heterocycles. The first kappa shape index (κ1) is 14.9. The Morgan fingerprint density at radius 1 is 1.47 bits per heavy atom. The van der Waals surface area contributed by atoms with Gasteiger partial charge in [-0.05, 0) is 19.4 Å². The summed E-state index contributed by atoms with van der Waals surface area (Å²) in [5, 5.41) is 2.62. The number of carbonyl (C=O) groups excluding carboxylic acids is 2. The van der Waals surface area contributed by atoms with Gasteiger partial charge in [0.1, 0.15) is 5.54 Å². The van der Waals surface area contributed by atoms with Crippen molar-refractivity contribution in [2.45, 2.75) is 32.2 Å². The van der Waals surface area contributed by atoms with Gasteiger partial charge in [0.15, 0.2) is 0 Å². The maximum Gasteiger partial charge on any atom is 0.331 e. The largest absolute Gasteiger partial charge is 0.467 e. The molecule has 0 aliphatic carbocycles. The summed E-state index contributed by atoms with van der Waals surface area (Å²) in [6.45, 7) is 3.51. The van der Waals surface area contributed by atoms with Gasteiger partial charge in [-0.25, -0.2) is 4.79 Å². The van der Waals surface area contributed by atoms with Crippen LogP contribution in [0.1, 0.15) is 37.0 Å². The van der Waals surface area contributed by atoms with Gasteiger partial charge in [0.05, 0.1) is 7.11 Å². The molecule has 1 aromatic heterocycles. The molecule has 0 aliphatic rings. The molecule has 1 amide bonds. The number of carbonyl (C=O) groups is 2. The second kappa shape index (κ2) is 6.17. The van der Waals surface area contributed by atoms with E-state index in [1.165, 1.54) is 25.4 Å². The molecule has 0 saturated carbocycles. The average Bonchev–Trinajstić information content (AvgIpc) is 2.37. The van der Waals surface area contributed by atoms with Crippen molar-refractivity contribution in [2.75, 3.05) is 7.11 Å². The number of esters is 1. The topological polar surface area (TPSA) is 88.3 Å². The number of aromatic amines is 1. The summed E-state index contributed by atoms with van der Waals surface area (Å²) in [5.41, 5.74) is -1.26. The van der Waals surface area contributed by atoms with Crippen LogP contribution < -0.4 is 10.9 Å². The summed E-state index contributed by atoms with van der Waals surface area (Å²) in [6, 6.07) is 2.65. The van der Waals surface area contributed by atoms with Gasteiger partial charge in [-0.2, -0.15) is 0 Å². The second-order valence-electron chi connectivity index (χ2n) is 4.47. The van der Waals surface area contributed by atoms with Crippen LogP contribution in [0.4, 0.5) is 0 Å². The zero-order valence-electron chi connectivity index (χ0n) is 11.3. The Morgan fingerprint density at radius 2 is 2.16 bits per heavy atom. The number of H-pyrrole nitrogens is 1. The van der Waals surface area contributed by atoms with Crippen LogP contribution in [0.15, 0.2) is 23.1 Å². The van der Waals surface area contributed by atoms with Gasteiger partial charge in [0.2, 0.25) is 5.56 Å². The number of nitrogens with one attached hydrogen (secondary N) is 2. The lowest BCUT2D eigenvalue weighted by atomic mass is 9.95. The zero-order valence-corrected chi connectivity index (χ0v) is 11.3. The van der Waals surface area contributed by atoms with Gasteiger partial charge in [-0.15, -0.1) is 0 Å². The number of rotatable bonds is 5. The molecular formula is C13H18N2O4. The van der Waals surface area contributed by atoms with Crippen molar-refractivity contribution in [3.63, 3.8) is 0 Å². The fourth-order valence-electron chi connectivity index (χ4n) is 1.85. The van der Waals surface area contributed by atoms with Crippen molar-refractivity contribution in [1.82, 2.24) is 10.3 Å². The van der Waals surface area contributed by atoms with E-state index in [-0.39, 0.29) is 11.1 Å². The molecule has 1 rings (SSSR count). The fraction of sp³-hybridized carbons (Fsp3) is 0.462. The number of methoxy groups -OCH3 is 1. The van der Waals surface area contributed by atoms with Crippen LogP contribution in [-0.2, 0) is 9.53 Å². The smallest absolute Gasteiger partial charge is 0.331 e. The first-order chi connectivity index (χ1) is 8.92. The first-order valence-corrected chi connectivity index (χ1v) is 6.02. The number of ether oxygens (including phenoxy) is 1. The van der Waals surface area contributed by atoms with Crippen molar-refractivity contribution in [3.05, 3.63) is 34.2 Å². The van der Waals surface area contributed by atoms with Crippen LogP contribution in [-0.4, -0.2) is 29.5 Å². The molecule has 0 aromatic carbocycles. The number of pyridine rings is 1. The van der Waals surface area contributed by atoms with Crippen LogP contribution in [0.25, 0.3) is 0 Å². The van der Waals surface area contributed by atoms with Crippen LogP contribution in [0.5, 0.6) is 0 Å². The molecule has 0 fully saturated rings. The highest BCUT2D eigenvalue weighted by molar-refractivity contribution is 5.97. The molecule has 1 atom stereocenters. The number of hydrogen-bond acceptors (Lipinski definition) is 4. The van der Waals surface area contributed by atoms with E-state index in [0.29, 0.717) is 12.8 Å². The van der Waals surface area contributed by atoms with Crippen LogP contribution in [0.3, 0.4) is 0 Å². The van der Waals surface area contributed by atoms with E-state index in [1.54, 1.807) is 6.92 Å². The highest BCUT2D eigenvalue weighted by Crippen LogP contribution is 2.15. The molecule has 0 bridgehead atoms. The third-order valence-corrected chi connectivity index (χ3v) is 2.81. The molecule has 0 radical (unpaired) electrons. The molecule has 6 heteroatoms. The summed E-state index contributed by atoms with van der Waals surface area (Å²) in [7, 11) is 1.27. The van der Waals surface area contributed by atoms with Gasteiger partial charge in [-0.1, -0.05) is 13.3 Å². The Morgan fingerprint density at radius 3 is 2.68 bits per heavy atom. The Bertz CT molecular complexity index is 523. The average molecular weight is 266 g/mol. The van der Waals surface area contributed by atoms with Crippen LogP contribution >= 0.6 is 0 Å². The highest BCUT2D eigenvalue weighted by Gasteiger charge is 2.35. The van der Waals surface area contributed by atoms with E-state index in [2.05, 4.69) is 10.3 Å². The highest BCUT2D eigenvalue weighted by atomic mass is 16.5. The molecule has 2 N–H and O–H groups in total. The van der Waals surface area contributed by atoms with E-state index < -0.39 is 17.4 Å². The van der Waals surface area contributed by atoms with Gasteiger partial charge in [-0.3, -0.25) is 9.59 Å². The summed E-state index contributed by atoms with van der Waals surface area (Å²) < 4.78 is 4.71. The fourth-order valence-corrected chi connectivity index (χ4v) is 1.85. The normalized spacial score (nSPS) is 13.4. The standard InChI is InChI=1S/C13H18N2O4/c1-4-6-13(2,12(18)19-3)15-11(17)9-5-7-14-10(16)8-9/h5,7-8H,4,6H2,1-3H3,(H,14,16)(H,15,17). The van der Waals surface area contributed by atoms with E-state index >= 15 is 0 Å². The number of aromatic nitrogens is 1. The first-order valence-electron chi connectivity index (χ1n) is 6.02. The van der Waals surface area contributed by atoms with E-state index in [0.717, 1.165) is 0 Å². The molecular weight excluding hydrogens is 248 g/mol. The monoisotopic (exact) mass is 266 g/mol. The number of amides is 1. The maximum atomic E-state index is 12.0. The summed E-state index contributed by atoms with van der Waals surface area (Å²) in [5.74, 6) is -0.986. The van der Waals surface area contributed by atoms with Gasteiger partial charge in [0.25, 0.3) is 5.91 Å². The molecule has 0 aliphatic heterocycles. The second-order valence-corrected chi connectivity index (χ2v) is 4.47. The molecule has 0 spiro atoms. The third kappa shape index (κ3) is 3.67. The molecule has 19 heavy (non-hydrogen) atoms. The molecule has 1 heterocycles. The Balaban J connectivity index is 2.94. The molecule has 104 valence electrons. The van der Waals surface area contributed by atoms with Gasteiger partial charge >= 0.3 is 5.97 Å². The van der Waals surface area contributed by atoms with Crippen molar-refractivity contribution in [2.24, 2.45) is 0 Å². The van der Waals surface area contributed by atoms with E-state index in [9.17, 15) is 14.4 Å². The molecule has 1 unspecified atom stereocenters. The maximum absolute atomic E-state index is 12.0. The van der Waals surface area contributed by atoms with Gasteiger partial charge in [0, 0.05) is 17.8 Å². The molecule has 6 nitrogen and oxygen atoms in total. The Kier molecular flexibility index (Phi) is 4.86. The minimum atomic E-state index is -1.09. The lowest BCUT2D eigenvalue weighted by Crippen LogP contribution is -2.52. The summed E-state index contributed by atoms with van der Waals surface area (Å²) in [6.07, 6.45) is 2.54. The third-order valence-electron chi connectivity index (χ3n) is 2.81. The Labute approximate surface area is 111 Å². The van der Waals surface area contributed by atoms with Crippen molar-refractivity contribution < 1.29 is 14.3 Å². The lowest BCUT2D eigenvalue weighted by molar-refractivity contribution is -0.147. The summed E-state index contributed by atoms with van der Waals surface area (Å²) in [4.78, 5) is 37.4. The number of hydrogen-bond donors (Lipinski definition) is 2. The minimum absolute atomic E-state index is 0.204. The van der Waals surface area contributed by atoms with Crippen molar-refractivity contribution in [3.8, 4) is 0 Å². The van der Waals surface area contributed by atoms with E-state index in [1.807, 2.05) is 6.92 Å². The quantitative estimate of drug-likeness (QED) is 0.773. The summed E-state index contributed by atoms with van der Waals surface area (Å²) >= 11 is 0. The Hall–Kier alpha value is -2.11. The predicted octanol–water partition coefficient (Wildman–Crippen LogP) is 0.837. The van der Waals surface area contributed by atoms with Crippen molar-refractivity contribution >= 4 is 11.9 Å². The SMILES string of the molecule is CCCC(C)(NC(=O)c1cc[nH]c(=O)c1)C(=O)OC. The molecule has 1 aromatic rings. The van der Waals surface area contributed by atoms with Gasteiger partial charge < -0.3 is 15.0 Å². The zero-order chi connectivity index (χ0) is 14.5.